The Labute approximate surface area is 194 Å². The second-order valence-electron chi connectivity index (χ2n) is 11.7. The number of aliphatic hydroxyl groups is 4. The Balaban J connectivity index is 1.18. The quantitative estimate of drug-likeness (QED) is 0.340. The van der Waals surface area contributed by atoms with Crippen LogP contribution >= 0.6 is 0 Å². The predicted octanol–water partition coefficient (Wildman–Crippen LogP) is 2.71. The molecule has 0 unspecified atom stereocenters. The summed E-state index contributed by atoms with van der Waals surface area (Å²) in [5.41, 5.74) is 0.483. The van der Waals surface area contributed by atoms with Crippen molar-refractivity contribution in [1.82, 2.24) is 4.90 Å². The van der Waals surface area contributed by atoms with Crippen LogP contribution in [0.25, 0.3) is 0 Å². The van der Waals surface area contributed by atoms with E-state index in [1.807, 2.05) is 4.90 Å². The van der Waals surface area contributed by atoms with Gasteiger partial charge in [0.15, 0.2) is 0 Å². The fourth-order valence-electron chi connectivity index (χ4n) is 8.01. The van der Waals surface area contributed by atoms with Crippen molar-refractivity contribution < 1.29 is 25.2 Å². The maximum absolute atomic E-state index is 10.6. The lowest BCUT2D eigenvalue weighted by Crippen LogP contribution is -2.67. The van der Waals surface area contributed by atoms with E-state index in [4.69, 9.17) is 4.74 Å². The monoisotopic (exact) mass is 453 g/mol. The maximum Gasteiger partial charge on any atom is 0.109 e. The summed E-state index contributed by atoms with van der Waals surface area (Å²) in [7, 11) is 0. The summed E-state index contributed by atoms with van der Waals surface area (Å²) in [6, 6.07) is -0.724. The lowest BCUT2D eigenvalue weighted by atomic mass is 9.50. The number of unbranched alkanes of at least 4 members (excludes halogenated alkanes) is 3. The van der Waals surface area contributed by atoms with Gasteiger partial charge < -0.3 is 25.2 Å². The molecule has 1 aliphatic heterocycles. The van der Waals surface area contributed by atoms with Gasteiger partial charge in [-0.25, -0.2) is 0 Å². The zero-order valence-corrected chi connectivity index (χ0v) is 20.1. The van der Waals surface area contributed by atoms with Crippen molar-refractivity contribution >= 4 is 0 Å². The van der Waals surface area contributed by atoms with Gasteiger partial charge in [-0.05, 0) is 87.5 Å². The van der Waals surface area contributed by atoms with Crippen LogP contribution in [-0.4, -0.2) is 82.1 Å². The SMILES string of the molecule is CCCCN1[C@H](CO)[C@@H](O)[C@H](O)[C@@H](O)[C@@H]1CCCCCOCC12CC3CC(CC(C3)C1)C2. The number of aliphatic hydroxyl groups excluding tert-OH is 4. The van der Waals surface area contributed by atoms with Crippen LogP contribution in [0.1, 0.15) is 84.0 Å². The van der Waals surface area contributed by atoms with Gasteiger partial charge in [0, 0.05) is 12.6 Å². The van der Waals surface area contributed by atoms with Crippen molar-refractivity contribution in [3.8, 4) is 0 Å². The highest BCUT2D eigenvalue weighted by Crippen LogP contribution is 2.60. The number of piperidine rings is 1. The molecule has 4 saturated carbocycles. The molecular formula is C26H47NO5. The third kappa shape index (κ3) is 5.36. The topological polar surface area (TPSA) is 93.4 Å². The summed E-state index contributed by atoms with van der Waals surface area (Å²) in [5.74, 6) is 2.91. The van der Waals surface area contributed by atoms with Gasteiger partial charge in [-0.1, -0.05) is 26.2 Å². The Bertz CT molecular complexity index is 551. The fourth-order valence-corrected chi connectivity index (χ4v) is 8.01. The second kappa shape index (κ2) is 11.0. The molecule has 5 aliphatic rings. The van der Waals surface area contributed by atoms with Crippen LogP contribution < -0.4 is 0 Å². The van der Waals surface area contributed by atoms with Gasteiger partial charge in [0.2, 0.25) is 0 Å². The highest BCUT2D eigenvalue weighted by Gasteiger charge is 2.51. The molecule has 0 spiro atoms. The molecule has 0 aromatic heterocycles. The van der Waals surface area contributed by atoms with Gasteiger partial charge in [0.05, 0.1) is 25.4 Å². The Hall–Kier alpha value is -0.240. The van der Waals surface area contributed by atoms with Crippen LogP contribution in [0.3, 0.4) is 0 Å². The van der Waals surface area contributed by atoms with E-state index in [1.165, 1.54) is 38.5 Å². The number of likely N-dealkylation sites (tertiary alicyclic amines) is 1. The Morgan fingerprint density at radius 2 is 1.44 bits per heavy atom. The first-order valence-corrected chi connectivity index (χ1v) is 13.4. The van der Waals surface area contributed by atoms with E-state index in [0.717, 1.165) is 76.0 Å². The van der Waals surface area contributed by atoms with Gasteiger partial charge in [-0.2, -0.15) is 0 Å². The molecule has 4 N–H and O–H groups in total. The molecule has 6 nitrogen and oxygen atoms in total. The Morgan fingerprint density at radius 1 is 0.812 bits per heavy atom. The third-order valence-corrected chi connectivity index (χ3v) is 9.16. The van der Waals surface area contributed by atoms with Crippen molar-refractivity contribution in [1.29, 1.82) is 0 Å². The van der Waals surface area contributed by atoms with E-state index in [-0.39, 0.29) is 12.6 Å². The van der Waals surface area contributed by atoms with Crippen LogP contribution in [0.4, 0.5) is 0 Å². The molecule has 0 aromatic rings. The number of nitrogens with zero attached hydrogens (tertiary/aromatic N) is 1. The first-order chi connectivity index (χ1) is 15.5. The summed E-state index contributed by atoms with van der Waals surface area (Å²) in [5, 5.41) is 41.0. The molecule has 0 radical (unpaired) electrons. The predicted molar refractivity (Wildman–Crippen MR) is 124 cm³/mol. The first-order valence-electron chi connectivity index (χ1n) is 13.4. The number of rotatable bonds is 12. The summed E-state index contributed by atoms with van der Waals surface area (Å²) < 4.78 is 6.21. The van der Waals surface area contributed by atoms with Crippen molar-refractivity contribution in [2.45, 2.75) is 114 Å². The van der Waals surface area contributed by atoms with E-state index < -0.39 is 24.4 Å². The molecule has 0 amide bonds. The van der Waals surface area contributed by atoms with Crippen LogP contribution in [0.5, 0.6) is 0 Å². The second-order valence-corrected chi connectivity index (χ2v) is 11.7. The van der Waals surface area contributed by atoms with Crippen LogP contribution in [0.2, 0.25) is 0 Å². The van der Waals surface area contributed by atoms with Crippen molar-refractivity contribution in [3.63, 3.8) is 0 Å². The molecule has 5 atom stereocenters. The van der Waals surface area contributed by atoms with Crippen molar-refractivity contribution in [2.75, 3.05) is 26.4 Å². The maximum atomic E-state index is 10.6. The number of ether oxygens (including phenoxy) is 1. The zero-order valence-electron chi connectivity index (χ0n) is 20.1. The van der Waals surface area contributed by atoms with Crippen molar-refractivity contribution in [3.05, 3.63) is 0 Å². The van der Waals surface area contributed by atoms with Gasteiger partial charge in [-0.3, -0.25) is 4.90 Å². The summed E-state index contributed by atoms with van der Waals surface area (Å²) in [6.45, 7) is 4.39. The van der Waals surface area contributed by atoms with Gasteiger partial charge >= 0.3 is 0 Å². The van der Waals surface area contributed by atoms with Crippen LogP contribution in [0.15, 0.2) is 0 Å². The molecule has 4 aliphatic carbocycles. The molecule has 0 aromatic carbocycles. The van der Waals surface area contributed by atoms with Crippen LogP contribution in [-0.2, 0) is 4.74 Å². The fraction of sp³-hybridized carbons (Fsp3) is 1.00. The molecule has 186 valence electrons. The molecule has 5 fully saturated rings. The average molecular weight is 454 g/mol. The molecule has 32 heavy (non-hydrogen) atoms. The highest BCUT2D eigenvalue weighted by atomic mass is 16.5. The number of hydrogen-bond donors (Lipinski definition) is 4. The summed E-state index contributed by atoms with van der Waals surface area (Å²) in [4.78, 5) is 2.04. The molecule has 4 bridgehead atoms. The minimum absolute atomic E-state index is 0.205. The van der Waals surface area contributed by atoms with E-state index in [1.54, 1.807) is 0 Å². The lowest BCUT2D eigenvalue weighted by Gasteiger charge is -2.56. The third-order valence-electron chi connectivity index (χ3n) is 9.16. The van der Waals surface area contributed by atoms with Crippen molar-refractivity contribution in [2.24, 2.45) is 23.2 Å². The minimum Gasteiger partial charge on any atom is -0.395 e. The van der Waals surface area contributed by atoms with Crippen LogP contribution in [0, 0.1) is 23.2 Å². The number of hydrogen-bond acceptors (Lipinski definition) is 6. The smallest absolute Gasteiger partial charge is 0.109 e. The zero-order chi connectivity index (χ0) is 22.7. The standard InChI is InChI=1S/C26H47NO5/c1-2-3-8-27-21(23(29)25(31)24(30)22(27)16-28)7-5-4-6-9-32-17-26-13-18-10-19(14-26)12-20(11-18)15-26/h18-25,28-31H,2-17H2,1H3/t18?,19?,20?,21-,22+,23-,24+,25+,26?/m0/s1. The average Bonchev–Trinajstić information content (AvgIpc) is 2.76. The molecular weight excluding hydrogens is 406 g/mol. The van der Waals surface area contributed by atoms with Gasteiger partial charge in [0.25, 0.3) is 0 Å². The lowest BCUT2D eigenvalue weighted by molar-refractivity contribution is -0.172. The van der Waals surface area contributed by atoms with Gasteiger partial charge in [0.1, 0.15) is 12.2 Å². The molecule has 1 heterocycles. The molecule has 6 heteroatoms. The Morgan fingerprint density at radius 3 is 2.03 bits per heavy atom. The van der Waals surface area contributed by atoms with E-state index in [0.29, 0.717) is 5.41 Å². The van der Waals surface area contributed by atoms with E-state index in [9.17, 15) is 20.4 Å². The molecule has 1 saturated heterocycles. The van der Waals surface area contributed by atoms with E-state index >= 15 is 0 Å². The largest absolute Gasteiger partial charge is 0.395 e. The normalized spacial score (nSPS) is 43.8. The van der Waals surface area contributed by atoms with E-state index in [2.05, 4.69) is 6.92 Å². The Kier molecular flexibility index (Phi) is 8.55. The summed E-state index contributed by atoms with van der Waals surface area (Å²) >= 11 is 0. The minimum atomic E-state index is -1.20. The summed E-state index contributed by atoms with van der Waals surface area (Å²) in [6.07, 6.45) is 11.1. The first kappa shape index (κ1) is 24.9. The molecule has 5 rings (SSSR count). The highest BCUT2D eigenvalue weighted by molar-refractivity contribution is 5.02. The van der Waals surface area contributed by atoms with Gasteiger partial charge in [-0.15, -0.1) is 0 Å².